The Kier molecular flexibility index (Phi) is 4.31. The number of nitrogens with zero attached hydrogens (tertiary/aromatic N) is 1. The van der Waals surface area contributed by atoms with Gasteiger partial charge in [-0.05, 0) is 44.6 Å². The Morgan fingerprint density at radius 3 is 2.61 bits per heavy atom. The summed E-state index contributed by atoms with van der Waals surface area (Å²) in [4.78, 5) is 14.9. The van der Waals surface area contributed by atoms with Crippen LogP contribution in [-0.2, 0) is 4.79 Å². The van der Waals surface area contributed by atoms with E-state index in [9.17, 15) is 4.79 Å². The second kappa shape index (κ2) is 5.60. The van der Waals surface area contributed by atoms with E-state index in [1.165, 1.54) is 25.7 Å². The summed E-state index contributed by atoms with van der Waals surface area (Å²) in [6.07, 6.45) is 8.12. The molecule has 1 saturated heterocycles. The number of hydrogen-bond donors (Lipinski definition) is 1. The van der Waals surface area contributed by atoms with Crippen LogP contribution in [0.2, 0.25) is 0 Å². The van der Waals surface area contributed by atoms with Gasteiger partial charge in [0, 0.05) is 13.1 Å². The molecule has 1 N–H and O–H groups in total. The molecular formula is C15H28N2O. The first-order valence-corrected chi connectivity index (χ1v) is 7.63. The van der Waals surface area contributed by atoms with Crippen LogP contribution < -0.4 is 5.32 Å². The van der Waals surface area contributed by atoms with Crippen LogP contribution in [0, 0.1) is 5.92 Å². The molecule has 18 heavy (non-hydrogen) atoms. The monoisotopic (exact) mass is 252 g/mol. The normalized spacial score (nSPS) is 36.6. The summed E-state index contributed by atoms with van der Waals surface area (Å²) in [6, 6.07) is 0.456. The molecule has 2 aliphatic rings. The highest BCUT2D eigenvalue weighted by Gasteiger charge is 2.43. The SMILES string of the molecule is CCC1(C(=O)N(C)C2CCCCC2C)CCCN1. The van der Waals surface area contributed by atoms with Gasteiger partial charge in [-0.25, -0.2) is 0 Å². The van der Waals surface area contributed by atoms with Gasteiger partial charge >= 0.3 is 0 Å². The molecule has 1 aliphatic carbocycles. The van der Waals surface area contributed by atoms with Crippen LogP contribution in [0.1, 0.15) is 58.8 Å². The quantitative estimate of drug-likeness (QED) is 0.837. The van der Waals surface area contributed by atoms with Gasteiger partial charge in [0.05, 0.1) is 5.54 Å². The van der Waals surface area contributed by atoms with Crippen molar-refractivity contribution in [1.82, 2.24) is 10.2 Å². The Balaban J connectivity index is 2.07. The van der Waals surface area contributed by atoms with Crippen molar-refractivity contribution in [2.75, 3.05) is 13.6 Å². The van der Waals surface area contributed by atoms with Crippen LogP contribution in [-0.4, -0.2) is 36.0 Å². The fraction of sp³-hybridized carbons (Fsp3) is 0.933. The summed E-state index contributed by atoms with van der Waals surface area (Å²) in [7, 11) is 2.02. The number of likely N-dealkylation sites (N-methyl/N-ethyl adjacent to an activating group) is 1. The minimum absolute atomic E-state index is 0.258. The van der Waals surface area contributed by atoms with E-state index in [0.29, 0.717) is 17.9 Å². The zero-order valence-corrected chi connectivity index (χ0v) is 12.2. The molecule has 2 fully saturated rings. The highest BCUT2D eigenvalue weighted by molar-refractivity contribution is 5.86. The van der Waals surface area contributed by atoms with Crippen molar-refractivity contribution in [3.63, 3.8) is 0 Å². The van der Waals surface area contributed by atoms with Crippen molar-refractivity contribution >= 4 is 5.91 Å². The van der Waals surface area contributed by atoms with Gasteiger partial charge in [-0.3, -0.25) is 4.79 Å². The van der Waals surface area contributed by atoms with Crippen molar-refractivity contribution in [2.24, 2.45) is 5.92 Å². The molecule has 1 aliphatic heterocycles. The van der Waals surface area contributed by atoms with Crippen LogP contribution >= 0.6 is 0 Å². The van der Waals surface area contributed by atoms with E-state index >= 15 is 0 Å². The maximum atomic E-state index is 12.8. The fourth-order valence-corrected chi connectivity index (χ4v) is 3.80. The molecule has 3 atom stereocenters. The highest BCUT2D eigenvalue weighted by Crippen LogP contribution is 2.31. The van der Waals surface area contributed by atoms with E-state index in [1.54, 1.807) is 0 Å². The summed E-state index contributed by atoms with van der Waals surface area (Å²) in [6.45, 7) is 5.43. The molecule has 3 nitrogen and oxygen atoms in total. The van der Waals surface area contributed by atoms with Gasteiger partial charge in [0.2, 0.25) is 5.91 Å². The second-order valence-corrected chi connectivity index (χ2v) is 6.21. The molecule has 1 saturated carbocycles. The highest BCUT2D eigenvalue weighted by atomic mass is 16.2. The lowest BCUT2D eigenvalue weighted by molar-refractivity contribution is -0.140. The molecule has 0 aromatic rings. The molecule has 0 aromatic heterocycles. The van der Waals surface area contributed by atoms with Gasteiger partial charge in [-0.2, -0.15) is 0 Å². The van der Waals surface area contributed by atoms with Gasteiger partial charge in [-0.1, -0.05) is 26.7 Å². The smallest absolute Gasteiger partial charge is 0.242 e. The summed E-state index contributed by atoms with van der Waals surface area (Å²) >= 11 is 0. The minimum Gasteiger partial charge on any atom is -0.341 e. The Morgan fingerprint density at radius 2 is 2.06 bits per heavy atom. The lowest BCUT2D eigenvalue weighted by Gasteiger charge is -2.40. The summed E-state index contributed by atoms with van der Waals surface area (Å²) in [5.41, 5.74) is -0.258. The van der Waals surface area contributed by atoms with Crippen molar-refractivity contribution in [3.8, 4) is 0 Å². The van der Waals surface area contributed by atoms with E-state index in [1.807, 2.05) is 7.05 Å². The number of amides is 1. The molecule has 0 radical (unpaired) electrons. The number of nitrogens with one attached hydrogen (secondary N) is 1. The molecule has 0 spiro atoms. The van der Waals surface area contributed by atoms with Crippen LogP contribution in [0.5, 0.6) is 0 Å². The van der Waals surface area contributed by atoms with Crippen LogP contribution in [0.25, 0.3) is 0 Å². The largest absolute Gasteiger partial charge is 0.341 e. The second-order valence-electron chi connectivity index (χ2n) is 6.21. The van der Waals surface area contributed by atoms with Crippen molar-refractivity contribution in [1.29, 1.82) is 0 Å². The first-order valence-electron chi connectivity index (χ1n) is 7.63. The Morgan fingerprint density at radius 1 is 1.33 bits per heavy atom. The van der Waals surface area contributed by atoms with E-state index in [4.69, 9.17) is 0 Å². The molecule has 2 rings (SSSR count). The van der Waals surface area contributed by atoms with Gasteiger partial charge in [0.1, 0.15) is 0 Å². The third kappa shape index (κ3) is 2.42. The Labute approximate surface area is 111 Å². The topological polar surface area (TPSA) is 32.3 Å². The van der Waals surface area contributed by atoms with Gasteiger partial charge in [0.25, 0.3) is 0 Å². The predicted octanol–water partition coefficient (Wildman–Crippen LogP) is 2.56. The van der Waals surface area contributed by atoms with E-state index in [-0.39, 0.29) is 5.54 Å². The zero-order valence-electron chi connectivity index (χ0n) is 12.2. The maximum Gasteiger partial charge on any atom is 0.242 e. The lowest BCUT2D eigenvalue weighted by Crippen LogP contribution is -2.57. The van der Waals surface area contributed by atoms with Crippen molar-refractivity contribution < 1.29 is 4.79 Å². The Hall–Kier alpha value is -0.570. The number of hydrogen-bond acceptors (Lipinski definition) is 2. The minimum atomic E-state index is -0.258. The van der Waals surface area contributed by atoms with Gasteiger partial charge < -0.3 is 10.2 Å². The number of rotatable bonds is 3. The summed E-state index contributed by atoms with van der Waals surface area (Å²) in [5.74, 6) is 0.990. The molecule has 104 valence electrons. The van der Waals surface area contributed by atoms with Crippen molar-refractivity contribution in [3.05, 3.63) is 0 Å². The summed E-state index contributed by atoms with van der Waals surface area (Å²) < 4.78 is 0. The standard InChI is InChI=1S/C15H28N2O/c1-4-15(10-7-11-16-15)14(18)17(3)13-9-6-5-8-12(13)2/h12-13,16H,4-11H2,1-3H3. The lowest BCUT2D eigenvalue weighted by atomic mass is 9.83. The fourth-order valence-electron chi connectivity index (χ4n) is 3.80. The average Bonchev–Trinajstić information content (AvgIpc) is 2.87. The van der Waals surface area contributed by atoms with Crippen LogP contribution in [0.4, 0.5) is 0 Å². The molecule has 1 amide bonds. The van der Waals surface area contributed by atoms with Crippen molar-refractivity contribution in [2.45, 2.75) is 70.4 Å². The molecule has 0 aromatic carbocycles. The van der Waals surface area contributed by atoms with E-state index < -0.39 is 0 Å². The molecule has 3 heteroatoms. The van der Waals surface area contributed by atoms with E-state index in [2.05, 4.69) is 24.1 Å². The predicted molar refractivity (Wildman–Crippen MR) is 74.4 cm³/mol. The van der Waals surface area contributed by atoms with Gasteiger partial charge in [0.15, 0.2) is 0 Å². The molecule has 0 bridgehead atoms. The number of carbonyl (C=O) groups excluding carboxylic acids is 1. The van der Waals surface area contributed by atoms with E-state index in [0.717, 1.165) is 25.8 Å². The maximum absolute atomic E-state index is 12.8. The average molecular weight is 252 g/mol. The Bertz CT molecular complexity index is 297. The number of carbonyl (C=O) groups is 1. The van der Waals surface area contributed by atoms with Crippen LogP contribution in [0.3, 0.4) is 0 Å². The van der Waals surface area contributed by atoms with Gasteiger partial charge in [-0.15, -0.1) is 0 Å². The van der Waals surface area contributed by atoms with Crippen LogP contribution in [0.15, 0.2) is 0 Å². The summed E-state index contributed by atoms with van der Waals surface area (Å²) in [5, 5.41) is 3.46. The first-order chi connectivity index (χ1) is 8.60. The molecule has 3 unspecified atom stereocenters. The third-order valence-electron chi connectivity index (χ3n) is 5.14. The molecule has 1 heterocycles. The molecular weight excluding hydrogens is 224 g/mol. The zero-order chi connectivity index (χ0) is 13.2. The first kappa shape index (κ1) is 13.9. The third-order valence-corrected chi connectivity index (χ3v) is 5.14.